The zero-order valence-corrected chi connectivity index (χ0v) is 18.4. The summed E-state index contributed by atoms with van der Waals surface area (Å²) >= 11 is 0. The van der Waals surface area contributed by atoms with Crippen molar-refractivity contribution in [3.63, 3.8) is 0 Å². The predicted octanol–water partition coefficient (Wildman–Crippen LogP) is 1.75. The van der Waals surface area contributed by atoms with E-state index in [4.69, 9.17) is 4.74 Å². The van der Waals surface area contributed by atoms with Gasteiger partial charge in [0.15, 0.2) is 17.8 Å². The second kappa shape index (κ2) is 13.2. The van der Waals surface area contributed by atoms with Crippen LogP contribution in [0.5, 0.6) is 0 Å². The van der Waals surface area contributed by atoms with Gasteiger partial charge in [-0.05, 0) is 44.5 Å². The molecule has 4 nitrogen and oxygen atoms in total. The molecule has 2 heterocycles. The van der Waals surface area contributed by atoms with Crippen LogP contribution < -0.4 is 17.0 Å². The fraction of sp³-hybridized carbons (Fsp3) is 0.696. The zero-order chi connectivity index (χ0) is 18.7. The van der Waals surface area contributed by atoms with E-state index in [1.807, 2.05) is 0 Å². The van der Waals surface area contributed by atoms with Gasteiger partial charge in [-0.1, -0.05) is 57.6 Å². The number of fused-ring (bicyclic) bond motifs is 1. The number of likely N-dealkylation sites (tertiary alicyclic amines) is 1. The lowest BCUT2D eigenvalue weighted by atomic mass is 10.1. The van der Waals surface area contributed by atoms with Crippen LogP contribution in [0.2, 0.25) is 0 Å². The maximum Gasteiger partial charge on any atom is 0.246 e. The van der Waals surface area contributed by atoms with Gasteiger partial charge in [0.05, 0.1) is 6.61 Å². The van der Waals surface area contributed by atoms with E-state index in [9.17, 15) is 0 Å². The molecule has 2 aromatic rings. The summed E-state index contributed by atoms with van der Waals surface area (Å²) in [6, 6.07) is 8.71. The Balaban J connectivity index is 0.00000280. The van der Waals surface area contributed by atoms with Crippen molar-refractivity contribution in [1.82, 2.24) is 9.47 Å². The fourth-order valence-electron chi connectivity index (χ4n) is 4.10. The molecule has 0 saturated carbocycles. The van der Waals surface area contributed by atoms with Crippen molar-refractivity contribution in [3.8, 4) is 0 Å². The smallest absolute Gasteiger partial charge is 0.246 e. The highest BCUT2D eigenvalue weighted by molar-refractivity contribution is 5.71. The van der Waals surface area contributed by atoms with E-state index in [1.165, 1.54) is 81.9 Å². The molecule has 1 aromatic carbocycles. The summed E-state index contributed by atoms with van der Waals surface area (Å²) in [7, 11) is 0. The van der Waals surface area contributed by atoms with Crippen LogP contribution in [0.3, 0.4) is 0 Å². The van der Waals surface area contributed by atoms with Crippen LogP contribution in [0.4, 0.5) is 0 Å². The third kappa shape index (κ3) is 7.06. The molecule has 0 amide bonds. The lowest BCUT2D eigenvalue weighted by molar-refractivity contribution is -0.710. The summed E-state index contributed by atoms with van der Waals surface area (Å²) < 4.78 is 10.6. The largest absolute Gasteiger partial charge is 1.00 e. The third-order valence-corrected chi connectivity index (χ3v) is 5.76. The summed E-state index contributed by atoms with van der Waals surface area (Å²) in [5.41, 5.74) is 2.59. The van der Waals surface area contributed by atoms with Crippen molar-refractivity contribution in [2.75, 3.05) is 26.2 Å². The van der Waals surface area contributed by atoms with Crippen LogP contribution in [0.25, 0.3) is 11.0 Å². The van der Waals surface area contributed by atoms with Crippen LogP contribution in [0.15, 0.2) is 30.6 Å². The molecule has 1 saturated heterocycles. The minimum atomic E-state index is 0. The molecule has 158 valence electrons. The monoisotopic (exact) mass is 407 g/mol. The first-order valence-corrected chi connectivity index (χ1v) is 11.2. The Labute approximate surface area is 177 Å². The van der Waals surface area contributed by atoms with Crippen LogP contribution in [-0.2, 0) is 18.0 Å². The van der Waals surface area contributed by atoms with Crippen molar-refractivity contribution in [1.29, 1.82) is 0 Å². The number of halogens is 1. The molecule has 0 bridgehead atoms. The molecule has 1 fully saturated rings. The zero-order valence-electron chi connectivity index (χ0n) is 17.6. The Kier molecular flexibility index (Phi) is 10.9. The number of benzene rings is 1. The highest BCUT2D eigenvalue weighted by Gasteiger charge is 2.17. The van der Waals surface area contributed by atoms with Gasteiger partial charge in [-0.15, -0.1) is 0 Å². The average molecular weight is 408 g/mol. The third-order valence-electron chi connectivity index (χ3n) is 5.76. The number of hydrogen-bond acceptors (Lipinski definition) is 2. The highest BCUT2D eigenvalue weighted by Crippen LogP contribution is 2.13. The molecule has 0 N–H and O–H groups in total. The number of unbranched alkanes of at least 4 members (excludes halogenated alkanes) is 5. The van der Waals surface area contributed by atoms with Crippen LogP contribution in [0.1, 0.15) is 64.7 Å². The molecule has 1 aromatic heterocycles. The Bertz CT molecular complexity index is 667. The number of piperidine rings is 1. The van der Waals surface area contributed by atoms with Crippen molar-refractivity contribution in [2.24, 2.45) is 0 Å². The second-order valence-corrected chi connectivity index (χ2v) is 7.97. The van der Waals surface area contributed by atoms with Gasteiger partial charge in [0, 0.05) is 6.54 Å². The number of nitrogens with zero attached hydrogens (tertiary/aromatic N) is 3. The molecule has 0 aliphatic carbocycles. The number of para-hydroxylation sites is 2. The van der Waals surface area contributed by atoms with Crippen LogP contribution in [0, 0.1) is 0 Å². The first kappa shape index (κ1) is 23.2. The Morgan fingerprint density at radius 3 is 2.50 bits per heavy atom. The Morgan fingerprint density at radius 2 is 1.68 bits per heavy atom. The SMILES string of the molecule is CCCCCCCCOC[n+]1cn(CCN2CCCCC2)c2ccccc21.[Cl-]. The van der Waals surface area contributed by atoms with Gasteiger partial charge in [0.25, 0.3) is 0 Å². The molecule has 28 heavy (non-hydrogen) atoms. The number of rotatable bonds is 12. The summed E-state index contributed by atoms with van der Waals surface area (Å²) in [6.45, 7) is 8.53. The van der Waals surface area contributed by atoms with Gasteiger partial charge >= 0.3 is 0 Å². The van der Waals surface area contributed by atoms with Gasteiger partial charge < -0.3 is 17.1 Å². The minimum absolute atomic E-state index is 0. The van der Waals surface area contributed by atoms with E-state index in [-0.39, 0.29) is 12.4 Å². The summed E-state index contributed by atoms with van der Waals surface area (Å²) in [4.78, 5) is 2.61. The number of ether oxygens (including phenoxy) is 1. The maximum absolute atomic E-state index is 5.98. The van der Waals surface area contributed by atoms with Crippen molar-refractivity contribution in [2.45, 2.75) is 78.0 Å². The summed E-state index contributed by atoms with van der Waals surface area (Å²) in [5, 5.41) is 0. The van der Waals surface area contributed by atoms with Crippen LogP contribution in [-0.4, -0.2) is 35.7 Å². The highest BCUT2D eigenvalue weighted by atomic mass is 35.5. The molecule has 1 aliphatic rings. The van der Waals surface area contributed by atoms with Crippen molar-refractivity contribution >= 4 is 11.0 Å². The standard InChI is InChI=1S/C23H38N3O.ClH/c1-2-3-4-5-6-12-19-27-21-26-20-25(22-13-8-9-14-23(22)26)18-17-24-15-10-7-11-16-24;/h8-9,13-14,20H,2-7,10-12,15-19,21H2,1H3;1H/q+1;/p-1. The van der Waals surface area contributed by atoms with E-state index < -0.39 is 0 Å². The molecular weight excluding hydrogens is 370 g/mol. The lowest BCUT2D eigenvalue weighted by Gasteiger charge is -2.25. The van der Waals surface area contributed by atoms with Crippen LogP contribution >= 0.6 is 0 Å². The average Bonchev–Trinajstić information content (AvgIpc) is 3.07. The molecule has 0 unspecified atom stereocenters. The van der Waals surface area contributed by atoms with Gasteiger partial charge in [-0.2, -0.15) is 0 Å². The topological polar surface area (TPSA) is 21.3 Å². The number of hydrogen-bond donors (Lipinski definition) is 0. The second-order valence-electron chi connectivity index (χ2n) is 7.97. The molecule has 0 spiro atoms. The molecule has 0 radical (unpaired) electrons. The molecule has 3 rings (SSSR count). The van der Waals surface area contributed by atoms with Gasteiger partial charge in [-0.3, -0.25) is 4.90 Å². The molecule has 1 aliphatic heterocycles. The summed E-state index contributed by atoms with van der Waals surface area (Å²) in [5.74, 6) is 0. The Hall–Kier alpha value is -1.10. The lowest BCUT2D eigenvalue weighted by Crippen LogP contribution is -3.00. The van der Waals surface area contributed by atoms with Crippen molar-refractivity contribution < 1.29 is 21.7 Å². The van der Waals surface area contributed by atoms with Gasteiger partial charge in [0.1, 0.15) is 6.54 Å². The molecule has 5 heteroatoms. The first-order valence-electron chi connectivity index (χ1n) is 11.2. The first-order chi connectivity index (χ1) is 13.4. The fourth-order valence-corrected chi connectivity index (χ4v) is 4.10. The quantitative estimate of drug-likeness (QED) is 0.395. The van der Waals surface area contributed by atoms with E-state index in [0.717, 1.165) is 19.7 Å². The maximum atomic E-state index is 5.98. The number of aromatic nitrogens is 2. The molecular formula is C23H38ClN3O. The minimum Gasteiger partial charge on any atom is -1.00 e. The summed E-state index contributed by atoms with van der Waals surface area (Å²) in [6.07, 6.45) is 14.2. The number of imidazole rings is 1. The van der Waals surface area contributed by atoms with Gasteiger partial charge in [-0.25, -0.2) is 9.13 Å². The molecule has 0 atom stereocenters. The van der Waals surface area contributed by atoms with E-state index in [2.05, 4.69) is 51.6 Å². The predicted molar refractivity (Wildman–Crippen MR) is 112 cm³/mol. The van der Waals surface area contributed by atoms with E-state index in [0.29, 0.717) is 6.73 Å². The van der Waals surface area contributed by atoms with E-state index >= 15 is 0 Å². The Morgan fingerprint density at radius 1 is 0.929 bits per heavy atom. The van der Waals surface area contributed by atoms with Crippen molar-refractivity contribution in [3.05, 3.63) is 30.6 Å². The van der Waals surface area contributed by atoms with E-state index in [1.54, 1.807) is 0 Å². The van der Waals surface area contributed by atoms with Gasteiger partial charge in [0.2, 0.25) is 6.33 Å². The normalized spacial score (nSPS) is 15.0.